The third-order valence-corrected chi connectivity index (χ3v) is 5.06. The Morgan fingerprint density at radius 1 is 0.560 bits per heavy atom. The molecule has 0 fully saturated rings. The Morgan fingerprint density at radius 2 is 0.920 bits per heavy atom. The predicted molar refractivity (Wildman–Crippen MR) is 108 cm³/mol. The summed E-state index contributed by atoms with van der Waals surface area (Å²) in [6.45, 7) is 4.85. The Bertz CT molecular complexity index is 256. The highest BCUT2D eigenvalue weighted by Gasteiger charge is 2.14. The van der Waals surface area contributed by atoms with Gasteiger partial charge in [-0.3, -0.25) is 0 Å². The topological polar surface area (TPSA) is 49.7 Å². The first-order valence-electron chi connectivity index (χ1n) is 10.9. The first-order chi connectivity index (χ1) is 12.1. The van der Waals surface area contributed by atoms with E-state index >= 15 is 0 Å². The van der Waals surface area contributed by atoms with E-state index in [-0.39, 0.29) is 6.61 Å². The fourth-order valence-electron chi connectivity index (χ4n) is 3.32. The lowest BCUT2D eigenvalue weighted by atomic mass is 10.0. The zero-order valence-electron chi connectivity index (χ0n) is 17.3. The molecule has 2 atom stereocenters. The van der Waals surface area contributed by atoms with Crippen LogP contribution in [0.4, 0.5) is 0 Å². The van der Waals surface area contributed by atoms with Crippen LogP contribution in [0.5, 0.6) is 0 Å². The Labute approximate surface area is 157 Å². The van der Waals surface area contributed by atoms with Gasteiger partial charge in [-0.2, -0.15) is 0 Å². The SMILES string of the molecule is COCC(O)C(O)CCCCCCCCCCCCCCCC(C)C. The molecule has 2 N–H and O–H groups in total. The first-order valence-corrected chi connectivity index (χ1v) is 10.9. The smallest absolute Gasteiger partial charge is 0.103 e. The van der Waals surface area contributed by atoms with Gasteiger partial charge in [0.1, 0.15) is 6.10 Å². The highest BCUT2D eigenvalue weighted by Crippen LogP contribution is 2.15. The number of unbranched alkanes of at least 4 members (excludes halogenated alkanes) is 12. The fourth-order valence-corrected chi connectivity index (χ4v) is 3.32. The lowest BCUT2D eigenvalue weighted by molar-refractivity contribution is -0.0299. The van der Waals surface area contributed by atoms with Crippen molar-refractivity contribution >= 4 is 0 Å². The van der Waals surface area contributed by atoms with Gasteiger partial charge >= 0.3 is 0 Å². The quantitative estimate of drug-likeness (QED) is 0.284. The largest absolute Gasteiger partial charge is 0.390 e. The van der Waals surface area contributed by atoms with Crippen molar-refractivity contribution in [1.82, 2.24) is 0 Å². The molecule has 0 aliphatic carbocycles. The number of methoxy groups -OCH3 is 1. The van der Waals surface area contributed by atoms with Gasteiger partial charge in [0.25, 0.3) is 0 Å². The Kier molecular flexibility index (Phi) is 18.6. The molecule has 0 spiro atoms. The molecule has 3 heteroatoms. The Morgan fingerprint density at radius 3 is 1.28 bits per heavy atom. The summed E-state index contributed by atoms with van der Waals surface area (Å²) in [5.41, 5.74) is 0. The molecule has 0 aromatic rings. The summed E-state index contributed by atoms with van der Waals surface area (Å²) in [4.78, 5) is 0. The maximum atomic E-state index is 9.73. The molecule has 0 bridgehead atoms. The monoisotopic (exact) mass is 358 g/mol. The van der Waals surface area contributed by atoms with Crippen LogP contribution >= 0.6 is 0 Å². The maximum absolute atomic E-state index is 9.73. The van der Waals surface area contributed by atoms with Crippen LogP contribution in [-0.4, -0.2) is 36.1 Å². The van der Waals surface area contributed by atoms with Crippen molar-refractivity contribution in [3.63, 3.8) is 0 Å². The van der Waals surface area contributed by atoms with E-state index in [1.807, 2.05) is 0 Å². The van der Waals surface area contributed by atoms with Gasteiger partial charge in [-0.25, -0.2) is 0 Å². The zero-order chi connectivity index (χ0) is 18.8. The molecule has 0 radical (unpaired) electrons. The average Bonchev–Trinajstić information content (AvgIpc) is 2.58. The number of aliphatic hydroxyl groups is 2. The van der Waals surface area contributed by atoms with Crippen molar-refractivity contribution in [1.29, 1.82) is 0 Å². The molecule has 25 heavy (non-hydrogen) atoms. The van der Waals surface area contributed by atoms with Crippen molar-refractivity contribution in [2.45, 2.75) is 122 Å². The minimum Gasteiger partial charge on any atom is -0.390 e. The summed E-state index contributed by atoms with van der Waals surface area (Å²) < 4.78 is 4.85. The number of hydrogen-bond acceptors (Lipinski definition) is 3. The minimum absolute atomic E-state index is 0.221. The molecule has 0 heterocycles. The van der Waals surface area contributed by atoms with E-state index in [1.54, 1.807) is 7.11 Å². The van der Waals surface area contributed by atoms with Crippen LogP contribution in [0.25, 0.3) is 0 Å². The maximum Gasteiger partial charge on any atom is 0.103 e. The lowest BCUT2D eigenvalue weighted by Gasteiger charge is -2.16. The van der Waals surface area contributed by atoms with Gasteiger partial charge in [0.2, 0.25) is 0 Å². The highest BCUT2D eigenvalue weighted by atomic mass is 16.5. The van der Waals surface area contributed by atoms with E-state index in [4.69, 9.17) is 4.74 Å². The van der Waals surface area contributed by atoms with Gasteiger partial charge in [-0.15, -0.1) is 0 Å². The van der Waals surface area contributed by atoms with Crippen LogP contribution in [-0.2, 0) is 4.74 Å². The summed E-state index contributed by atoms with van der Waals surface area (Å²) in [6.07, 6.45) is 18.1. The molecule has 3 nitrogen and oxygen atoms in total. The van der Waals surface area contributed by atoms with Crippen molar-refractivity contribution in [3.8, 4) is 0 Å². The molecule has 0 saturated heterocycles. The molecule has 0 saturated carbocycles. The summed E-state index contributed by atoms with van der Waals surface area (Å²) >= 11 is 0. The van der Waals surface area contributed by atoms with E-state index in [0.29, 0.717) is 6.42 Å². The Balaban J connectivity index is 3.14. The molecule has 0 aliphatic heterocycles. The molecule has 0 aliphatic rings. The van der Waals surface area contributed by atoms with Crippen LogP contribution in [0.3, 0.4) is 0 Å². The molecule has 0 aromatic carbocycles. The van der Waals surface area contributed by atoms with Gasteiger partial charge in [0, 0.05) is 7.11 Å². The second kappa shape index (κ2) is 18.7. The van der Waals surface area contributed by atoms with Gasteiger partial charge in [-0.05, 0) is 12.3 Å². The zero-order valence-corrected chi connectivity index (χ0v) is 17.3. The molecular formula is C22H46O3. The molecule has 152 valence electrons. The predicted octanol–water partition coefficient (Wildman–Crippen LogP) is 5.86. The summed E-state index contributed by atoms with van der Waals surface area (Å²) in [5, 5.41) is 19.3. The average molecular weight is 359 g/mol. The molecule has 0 amide bonds. The van der Waals surface area contributed by atoms with Gasteiger partial charge in [-0.1, -0.05) is 104 Å². The van der Waals surface area contributed by atoms with E-state index in [9.17, 15) is 10.2 Å². The normalized spacial score (nSPS) is 14.2. The highest BCUT2D eigenvalue weighted by molar-refractivity contribution is 4.66. The third kappa shape index (κ3) is 18.5. The number of aliphatic hydroxyl groups excluding tert-OH is 2. The van der Waals surface area contributed by atoms with Crippen molar-refractivity contribution in [2.75, 3.05) is 13.7 Å². The fraction of sp³-hybridized carbons (Fsp3) is 1.00. The Hall–Kier alpha value is -0.120. The molecule has 0 aromatic heterocycles. The molecular weight excluding hydrogens is 312 g/mol. The summed E-state index contributed by atoms with van der Waals surface area (Å²) in [7, 11) is 1.55. The number of rotatable bonds is 19. The van der Waals surface area contributed by atoms with Crippen molar-refractivity contribution in [2.24, 2.45) is 5.92 Å². The third-order valence-electron chi connectivity index (χ3n) is 5.06. The van der Waals surface area contributed by atoms with E-state index in [1.165, 1.54) is 77.0 Å². The molecule has 0 rings (SSSR count). The van der Waals surface area contributed by atoms with Crippen molar-refractivity contribution in [3.05, 3.63) is 0 Å². The van der Waals surface area contributed by atoms with Crippen LogP contribution in [0.1, 0.15) is 110 Å². The molecule has 2 unspecified atom stereocenters. The first kappa shape index (κ1) is 24.9. The number of hydrogen-bond donors (Lipinski definition) is 2. The second-order valence-electron chi connectivity index (χ2n) is 8.16. The standard InChI is InChI=1S/C22H46O3/c1-20(2)17-15-13-11-9-7-5-4-6-8-10-12-14-16-18-21(23)22(24)19-25-3/h20-24H,4-19H2,1-3H3. The minimum atomic E-state index is -0.736. The summed E-state index contributed by atoms with van der Waals surface area (Å²) in [6, 6.07) is 0. The number of ether oxygens (including phenoxy) is 1. The van der Waals surface area contributed by atoms with Crippen LogP contribution in [0.2, 0.25) is 0 Å². The van der Waals surface area contributed by atoms with Crippen LogP contribution in [0.15, 0.2) is 0 Å². The second-order valence-corrected chi connectivity index (χ2v) is 8.16. The lowest BCUT2D eigenvalue weighted by Crippen LogP contribution is -2.29. The van der Waals surface area contributed by atoms with Gasteiger partial charge in [0.15, 0.2) is 0 Å². The van der Waals surface area contributed by atoms with Gasteiger partial charge < -0.3 is 14.9 Å². The van der Waals surface area contributed by atoms with E-state index < -0.39 is 12.2 Å². The van der Waals surface area contributed by atoms with E-state index in [2.05, 4.69) is 13.8 Å². The van der Waals surface area contributed by atoms with Crippen molar-refractivity contribution < 1.29 is 14.9 Å². The van der Waals surface area contributed by atoms with Crippen LogP contribution in [0, 0.1) is 5.92 Å². The van der Waals surface area contributed by atoms with Crippen LogP contribution < -0.4 is 0 Å². The van der Waals surface area contributed by atoms with Gasteiger partial charge in [0.05, 0.1) is 12.7 Å². The summed E-state index contributed by atoms with van der Waals surface area (Å²) in [5.74, 6) is 0.868. The van der Waals surface area contributed by atoms with E-state index in [0.717, 1.165) is 18.8 Å².